The lowest BCUT2D eigenvalue weighted by Gasteiger charge is -2.37. The molecule has 0 spiro atoms. The van der Waals surface area contributed by atoms with Gasteiger partial charge in [-0.2, -0.15) is 0 Å². The molecule has 2 aromatic carbocycles. The number of hydrogen-bond acceptors (Lipinski definition) is 5. The molecule has 2 aromatic rings. The van der Waals surface area contributed by atoms with E-state index in [2.05, 4.69) is 33.9 Å². The van der Waals surface area contributed by atoms with Gasteiger partial charge in [-0.1, -0.05) is 51.1 Å². The Labute approximate surface area is 187 Å². The van der Waals surface area contributed by atoms with Crippen LogP contribution in [0.3, 0.4) is 0 Å². The fourth-order valence-electron chi connectivity index (χ4n) is 2.61. The van der Waals surface area contributed by atoms with Crippen LogP contribution in [0.1, 0.15) is 43.1 Å². The van der Waals surface area contributed by atoms with Gasteiger partial charge in [-0.15, -0.1) is 0 Å². The molecule has 6 heteroatoms. The highest BCUT2D eigenvalue weighted by atomic mass is 28.4. The first-order valence-electron chi connectivity index (χ1n) is 10.7. The molecule has 0 bridgehead atoms. The number of carbonyl (C=O) groups is 1. The third-order valence-corrected chi connectivity index (χ3v) is 10.2. The summed E-state index contributed by atoms with van der Waals surface area (Å²) in [4.78, 5) is 12.6. The van der Waals surface area contributed by atoms with Gasteiger partial charge in [0.25, 0.3) is 0 Å². The Morgan fingerprint density at radius 1 is 1.00 bits per heavy atom. The first-order chi connectivity index (χ1) is 14.6. The van der Waals surface area contributed by atoms with E-state index in [4.69, 9.17) is 18.6 Å². The van der Waals surface area contributed by atoms with Crippen LogP contribution in [0.15, 0.2) is 54.6 Å². The van der Waals surface area contributed by atoms with Crippen LogP contribution in [0.25, 0.3) is 0 Å². The van der Waals surface area contributed by atoms with E-state index < -0.39 is 8.32 Å². The maximum absolute atomic E-state index is 12.6. The standard InChI is InChI=1S/C25H36O5Si/c1-25(2,3)31(5,6)29-19-23(30-24(26)21-10-8-7-9-11-21)16-17-28-18-20-12-14-22(27-4)15-13-20/h7-15,23H,16-19H2,1-6H3. The Hall–Kier alpha value is -2.15. The van der Waals surface area contributed by atoms with E-state index >= 15 is 0 Å². The molecule has 0 saturated carbocycles. The van der Waals surface area contributed by atoms with E-state index in [1.54, 1.807) is 19.2 Å². The van der Waals surface area contributed by atoms with E-state index in [-0.39, 0.29) is 17.1 Å². The van der Waals surface area contributed by atoms with Crippen LogP contribution in [-0.2, 0) is 20.5 Å². The lowest BCUT2D eigenvalue weighted by Crippen LogP contribution is -2.43. The van der Waals surface area contributed by atoms with Crippen LogP contribution in [0.2, 0.25) is 18.1 Å². The number of methoxy groups -OCH3 is 1. The lowest BCUT2D eigenvalue weighted by molar-refractivity contribution is 0.000959. The molecule has 0 aliphatic carbocycles. The molecular weight excluding hydrogens is 408 g/mol. The average Bonchev–Trinajstić information content (AvgIpc) is 2.75. The minimum atomic E-state index is -1.95. The smallest absolute Gasteiger partial charge is 0.338 e. The Bertz CT molecular complexity index is 797. The second kappa shape index (κ2) is 11.5. The maximum atomic E-state index is 12.6. The first kappa shape index (κ1) is 25.1. The summed E-state index contributed by atoms with van der Waals surface area (Å²) in [5, 5.41) is 0.0891. The highest BCUT2D eigenvalue weighted by Gasteiger charge is 2.37. The average molecular weight is 445 g/mol. The molecule has 2 rings (SSSR count). The number of rotatable bonds is 11. The summed E-state index contributed by atoms with van der Waals surface area (Å²) >= 11 is 0. The molecule has 0 N–H and O–H groups in total. The minimum absolute atomic E-state index is 0.0891. The van der Waals surface area contributed by atoms with Gasteiger partial charge in [-0.3, -0.25) is 0 Å². The third kappa shape index (κ3) is 8.13. The van der Waals surface area contributed by atoms with Gasteiger partial charge in [-0.05, 0) is 48.0 Å². The summed E-state index contributed by atoms with van der Waals surface area (Å²) in [6.45, 7) is 12.3. The molecule has 0 aromatic heterocycles. The van der Waals surface area contributed by atoms with Crippen molar-refractivity contribution in [2.45, 2.75) is 58.0 Å². The van der Waals surface area contributed by atoms with E-state index in [0.717, 1.165) is 11.3 Å². The van der Waals surface area contributed by atoms with Gasteiger partial charge in [0, 0.05) is 6.42 Å². The van der Waals surface area contributed by atoms with E-state index in [1.807, 2.05) is 42.5 Å². The van der Waals surface area contributed by atoms with Gasteiger partial charge in [0.1, 0.15) is 11.9 Å². The predicted octanol–water partition coefficient (Wildman–Crippen LogP) is 5.85. The van der Waals surface area contributed by atoms with Gasteiger partial charge in [0.15, 0.2) is 8.32 Å². The van der Waals surface area contributed by atoms with Crippen molar-refractivity contribution in [1.29, 1.82) is 0 Å². The molecule has 1 atom stereocenters. The normalized spacial score (nSPS) is 13.0. The zero-order chi connectivity index (χ0) is 22.9. The van der Waals surface area contributed by atoms with E-state index in [0.29, 0.717) is 31.8 Å². The topological polar surface area (TPSA) is 54.0 Å². The molecule has 1 unspecified atom stereocenters. The summed E-state index contributed by atoms with van der Waals surface area (Å²) in [6, 6.07) is 16.8. The fraction of sp³-hybridized carbons (Fsp3) is 0.480. The van der Waals surface area contributed by atoms with Gasteiger partial charge in [-0.25, -0.2) is 4.79 Å². The second-order valence-corrected chi connectivity index (χ2v) is 14.0. The highest BCUT2D eigenvalue weighted by molar-refractivity contribution is 6.74. The predicted molar refractivity (Wildman–Crippen MR) is 126 cm³/mol. The monoisotopic (exact) mass is 444 g/mol. The molecule has 0 saturated heterocycles. The fourth-order valence-corrected chi connectivity index (χ4v) is 3.65. The molecule has 0 amide bonds. The van der Waals surface area contributed by atoms with E-state index in [1.165, 1.54) is 0 Å². The van der Waals surface area contributed by atoms with Crippen molar-refractivity contribution in [3.63, 3.8) is 0 Å². The van der Waals surface area contributed by atoms with Crippen LogP contribution in [0.5, 0.6) is 5.75 Å². The van der Waals surface area contributed by atoms with Crippen LogP contribution in [0, 0.1) is 0 Å². The van der Waals surface area contributed by atoms with Crippen molar-refractivity contribution < 1.29 is 23.4 Å². The van der Waals surface area contributed by atoms with Crippen LogP contribution in [-0.4, -0.2) is 40.7 Å². The number of ether oxygens (including phenoxy) is 3. The maximum Gasteiger partial charge on any atom is 0.338 e. The van der Waals surface area contributed by atoms with Crippen LogP contribution >= 0.6 is 0 Å². The van der Waals surface area contributed by atoms with Crippen molar-refractivity contribution in [2.24, 2.45) is 0 Å². The molecule has 170 valence electrons. The number of carbonyl (C=O) groups excluding carboxylic acids is 1. The largest absolute Gasteiger partial charge is 0.497 e. The number of benzene rings is 2. The SMILES string of the molecule is COc1ccc(COCCC(CO[Si](C)(C)C(C)(C)C)OC(=O)c2ccccc2)cc1. The molecule has 0 heterocycles. The Morgan fingerprint density at radius 2 is 1.65 bits per heavy atom. The summed E-state index contributed by atoms with van der Waals surface area (Å²) in [5.41, 5.74) is 1.61. The number of esters is 1. The van der Waals surface area contributed by atoms with Gasteiger partial charge >= 0.3 is 5.97 Å². The quantitative estimate of drug-likeness (QED) is 0.247. The minimum Gasteiger partial charge on any atom is -0.497 e. The van der Waals surface area contributed by atoms with Crippen molar-refractivity contribution >= 4 is 14.3 Å². The van der Waals surface area contributed by atoms with Gasteiger partial charge in [0.2, 0.25) is 0 Å². The zero-order valence-corrected chi connectivity index (χ0v) is 20.6. The third-order valence-electron chi connectivity index (χ3n) is 5.73. The summed E-state index contributed by atoms with van der Waals surface area (Å²) in [6.07, 6.45) is 0.210. The van der Waals surface area contributed by atoms with E-state index in [9.17, 15) is 4.79 Å². The Kier molecular flexibility index (Phi) is 9.28. The highest BCUT2D eigenvalue weighted by Crippen LogP contribution is 2.36. The molecule has 0 aliphatic heterocycles. The van der Waals surface area contributed by atoms with Crippen LogP contribution < -0.4 is 4.74 Å². The molecular formula is C25H36O5Si. The molecule has 0 fully saturated rings. The summed E-state index contributed by atoms with van der Waals surface area (Å²) < 4.78 is 23.1. The Balaban J connectivity index is 1.93. The van der Waals surface area contributed by atoms with Crippen molar-refractivity contribution in [1.82, 2.24) is 0 Å². The molecule has 0 aliphatic rings. The van der Waals surface area contributed by atoms with Crippen molar-refractivity contribution in [3.05, 3.63) is 65.7 Å². The summed E-state index contributed by atoms with van der Waals surface area (Å²) in [7, 11) is -0.304. The van der Waals surface area contributed by atoms with Gasteiger partial charge < -0.3 is 18.6 Å². The van der Waals surface area contributed by atoms with Crippen LogP contribution in [0.4, 0.5) is 0 Å². The van der Waals surface area contributed by atoms with Gasteiger partial charge in [0.05, 0.1) is 32.5 Å². The van der Waals surface area contributed by atoms with Crippen molar-refractivity contribution in [2.75, 3.05) is 20.3 Å². The molecule has 5 nitrogen and oxygen atoms in total. The molecule has 31 heavy (non-hydrogen) atoms. The van der Waals surface area contributed by atoms with Crippen molar-refractivity contribution in [3.8, 4) is 5.75 Å². The summed E-state index contributed by atoms with van der Waals surface area (Å²) in [5.74, 6) is 0.485. The first-order valence-corrected chi connectivity index (χ1v) is 13.6. The molecule has 0 radical (unpaired) electrons. The second-order valence-electron chi connectivity index (χ2n) is 9.15. The lowest BCUT2D eigenvalue weighted by atomic mass is 10.2. The number of hydrogen-bond donors (Lipinski definition) is 0. The Morgan fingerprint density at radius 3 is 2.23 bits per heavy atom. The zero-order valence-electron chi connectivity index (χ0n) is 19.6.